The van der Waals surface area contributed by atoms with Crippen LogP contribution in [0.25, 0.3) is 0 Å². The van der Waals surface area contributed by atoms with Crippen molar-refractivity contribution < 1.29 is 0 Å². The van der Waals surface area contributed by atoms with E-state index in [1.807, 2.05) is 0 Å². The van der Waals surface area contributed by atoms with Gasteiger partial charge in [-0.25, -0.2) is 0 Å². The Morgan fingerprint density at radius 2 is 1.60 bits per heavy atom. The van der Waals surface area contributed by atoms with Crippen molar-refractivity contribution in [2.24, 2.45) is 28.6 Å². The molecule has 0 aromatic rings. The van der Waals surface area contributed by atoms with Crippen LogP contribution < -0.4 is 0 Å². The molecule has 0 spiro atoms. The molecule has 1 saturated carbocycles. The summed E-state index contributed by atoms with van der Waals surface area (Å²) in [6.45, 7) is 16.7. The molecule has 0 nitrogen and oxygen atoms in total. The van der Waals surface area contributed by atoms with Crippen LogP contribution in [0.3, 0.4) is 0 Å². The van der Waals surface area contributed by atoms with Gasteiger partial charge >= 0.3 is 0 Å². The highest BCUT2D eigenvalue weighted by molar-refractivity contribution is 4.96. The molecule has 0 aromatic carbocycles. The summed E-state index contributed by atoms with van der Waals surface area (Å²) < 4.78 is 0. The number of hydrogen-bond donors (Lipinski definition) is 0. The minimum Gasteiger partial charge on any atom is -0.0651 e. The molecule has 3 atom stereocenters. The van der Waals surface area contributed by atoms with Gasteiger partial charge in [-0.05, 0) is 41.4 Å². The largest absolute Gasteiger partial charge is 0.0651 e. The molecule has 3 unspecified atom stereocenters. The van der Waals surface area contributed by atoms with E-state index in [1.54, 1.807) is 0 Å². The van der Waals surface area contributed by atoms with Gasteiger partial charge in [0.25, 0.3) is 0 Å². The molecule has 1 aliphatic rings. The molecular formula is C15H30. The third kappa shape index (κ3) is 3.81. The van der Waals surface area contributed by atoms with Crippen molar-refractivity contribution in [3.63, 3.8) is 0 Å². The molecule has 0 radical (unpaired) electrons. The Hall–Kier alpha value is 0. The fourth-order valence-electron chi connectivity index (χ4n) is 3.34. The van der Waals surface area contributed by atoms with Gasteiger partial charge in [0.1, 0.15) is 0 Å². The maximum atomic E-state index is 2.41. The van der Waals surface area contributed by atoms with Gasteiger partial charge in [0.2, 0.25) is 0 Å². The highest BCUT2D eigenvalue weighted by Crippen LogP contribution is 2.55. The summed E-state index contributed by atoms with van der Waals surface area (Å²) in [7, 11) is 0. The number of hydrogen-bond acceptors (Lipinski definition) is 0. The smallest absolute Gasteiger partial charge is 0.0337 e. The predicted octanol–water partition coefficient (Wildman–Crippen LogP) is 5.13. The Labute approximate surface area is 96.8 Å². The van der Waals surface area contributed by atoms with E-state index in [2.05, 4.69) is 48.5 Å². The van der Waals surface area contributed by atoms with Crippen molar-refractivity contribution in [3.8, 4) is 0 Å². The van der Waals surface area contributed by atoms with Crippen molar-refractivity contribution >= 4 is 0 Å². The maximum Gasteiger partial charge on any atom is -0.0337 e. The van der Waals surface area contributed by atoms with Crippen molar-refractivity contribution in [2.75, 3.05) is 0 Å². The molecule has 1 fully saturated rings. The van der Waals surface area contributed by atoms with Gasteiger partial charge in [-0.1, -0.05) is 54.9 Å². The molecule has 0 aliphatic heterocycles. The van der Waals surface area contributed by atoms with E-state index in [4.69, 9.17) is 0 Å². The Bertz CT molecular complexity index is 201. The van der Waals surface area contributed by atoms with Crippen LogP contribution in [0.2, 0.25) is 0 Å². The molecular weight excluding hydrogens is 180 g/mol. The van der Waals surface area contributed by atoms with Gasteiger partial charge in [-0.3, -0.25) is 0 Å². The average Bonchev–Trinajstić information content (AvgIpc) is 2.62. The first-order valence-corrected chi connectivity index (χ1v) is 6.65. The zero-order chi connectivity index (χ0) is 11.9. The molecule has 0 N–H and O–H groups in total. The van der Waals surface area contributed by atoms with Crippen molar-refractivity contribution in [1.82, 2.24) is 0 Å². The van der Waals surface area contributed by atoms with Crippen LogP contribution in [0.1, 0.15) is 67.7 Å². The number of rotatable bonds is 3. The van der Waals surface area contributed by atoms with Crippen LogP contribution in [0.15, 0.2) is 0 Å². The highest BCUT2D eigenvalue weighted by Gasteiger charge is 2.46. The van der Waals surface area contributed by atoms with Crippen LogP contribution in [0.4, 0.5) is 0 Å². The van der Waals surface area contributed by atoms with E-state index < -0.39 is 0 Å². The summed E-state index contributed by atoms with van der Waals surface area (Å²) in [5.41, 5.74) is 1.03. The van der Waals surface area contributed by atoms with E-state index in [0.29, 0.717) is 10.8 Å². The monoisotopic (exact) mass is 210 g/mol. The molecule has 1 aliphatic carbocycles. The highest BCUT2D eigenvalue weighted by atomic mass is 14.5. The second-order valence-electron chi connectivity index (χ2n) is 7.81. The van der Waals surface area contributed by atoms with Gasteiger partial charge < -0.3 is 0 Å². The van der Waals surface area contributed by atoms with E-state index in [0.717, 1.165) is 17.8 Å². The minimum absolute atomic E-state index is 0.506. The molecule has 0 heterocycles. The summed E-state index contributed by atoms with van der Waals surface area (Å²) in [6.07, 6.45) is 4.27. The Kier molecular flexibility index (Phi) is 3.58. The van der Waals surface area contributed by atoms with Gasteiger partial charge in [0.15, 0.2) is 0 Å². The van der Waals surface area contributed by atoms with Gasteiger partial charge in [0.05, 0.1) is 0 Å². The molecule has 1 rings (SSSR count). The second-order valence-corrected chi connectivity index (χ2v) is 7.81. The summed E-state index contributed by atoms with van der Waals surface area (Å²) in [4.78, 5) is 0. The molecule has 0 bridgehead atoms. The second kappa shape index (κ2) is 4.11. The minimum atomic E-state index is 0.506. The Balaban J connectivity index is 2.48. The quantitative estimate of drug-likeness (QED) is 0.605. The van der Waals surface area contributed by atoms with E-state index in [-0.39, 0.29) is 0 Å². The lowest BCUT2D eigenvalue weighted by atomic mass is 9.74. The van der Waals surface area contributed by atoms with E-state index in [9.17, 15) is 0 Å². The zero-order valence-corrected chi connectivity index (χ0v) is 11.9. The summed E-state index contributed by atoms with van der Waals surface area (Å²) in [5.74, 6) is 2.98. The fraction of sp³-hybridized carbons (Fsp3) is 1.00. The first kappa shape index (κ1) is 13.1. The molecule has 0 saturated heterocycles. The van der Waals surface area contributed by atoms with Crippen molar-refractivity contribution in [2.45, 2.75) is 67.7 Å². The average molecular weight is 210 g/mol. The van der Waals surface area contributed by atoms with Crippen molar-refractivity contribution in [3.05, 3.63) is 0 Å². The molecule has 0 amide bonds. The first-order chi connectivity index (χ1) is 6.65. The molecule has 0 aromatic heterocycles. The topological polar surface area (TPSA) is 0 Å². The fourth-order valence-corrected chi connectivity index (χ4v) is 3.34. The van der Waals surface area contributed by atoms with Crippen LogP contribution in [-0.2, 0) is 0 Å². The van der Waals surface area contributed by atoms with Crippen LogP contribution in [-0.4, -0.2) is 0 Å². The zero-order valence-electron chi connectivity index (χ0n) is 11.9. The van der Waals surface area contributed by atoms with E-state index in [1.165, 1.54) is 19.3 Å². The Morgan fingerprint density at radius 3 is 1.93 bits per heavy atom. The lowest BCUT2D eigenvalue weighted by Crippen LogP contribution is -2.23. The normalized spacial score (nSPS) is 29.0. The van der Waals surface area contributed by atoms with Crippen LogP contribution in [0, 0.1) is 28.6 Å². The SMILES string of the molecule is CCC(C1CC1CC(C)(C)C)C(C)(C)C. The predicted molar refractivity (Wildman–Crippen MR) is 68.9 cm³/mol. The third-order valence-corrected chi connectivity index (χ3v) is 3.92. The standard InChI is InChI=1S/C15H30/c1-8-13(15(5,6)7)12-9-11(12)10-14(2,3)4/h11-13H,8-10H2,1-7H3. The Morgan fingerprint density at radius 1 is 1.07 bits per heavy atom. The van der Waals surface area contributed by atoms with E-state index >= 15 is 0 Å². The van der Waals surface area contributed by atoms with Crippen LogP contribution in [0.5, 0.6) is 0 Å². The van der Waals surface area contributed by atoms with Gasteiger partial charge in [-0.15, -0.1) is 0 Å². The summed E-state index contributed by atoms with van der Waals surface area (Å²) >= 11 is 0. The lowest BCUT2D eigenvalue weighted by molar-refractivity contribution is 0.187. The summed E-state index contributed by atoms with van der Waals surface area (Å²) in [6, 6.07) is 0. The third-order valence-electron chi connectivity index (χ3n) is 3.92. The van der Waals surface area contributed by atoms with Crippen LogP contribution >= 0.6 is 0 Å². The van der Waals surface area contributed by atoms with Crippen molar-refractivity contribution in [1.29, 1.82) is 0 Å². The van der Waals surface area contributed by atoms with Gasteiger partial charge in [-0.2, -0.15) is 0 Å². The maximum absolute atomic E-state index is 2.41. The molecule has 0 heteroatoms. The lowest BCUT2D eigenvalue weighted by Gasteiger charge is -2.31. The molecule has 90 valence electrons. The van der Waals surface area contributed by atoms with Gasteiger partial charge in [0, 0.05) is 0 Å². The summed E-state index contributed by atoms with van der Waals surface area (Å²) in [5, 5.41) is 0. The first-order valence-electron chi connectivity index (χ1n) is 6.65. The molecule has 15 heavy (non-hydrogen) atoms.